The molecule has 2 heterocycles. The second-order valence-corrected chi connectivity index (χ2v) is 6.13. The van der Waals surface area contributed by atoms with Crippen molar-refractivity contribution < 1.29 is 14.7 Å². The molecule has 8 nitrogen and oxygen atoms in total. The highest BCUT2D eigenvalue weighted by atomic mass is 16.4. The van der Waals surface area contributed by atoms with Crippen molar-refractivity contribution in [1.82, 2.24) is 19.7 Å². The topological polar surface area (TPSA) is 105 Å². The lowest BCUT2D eigenvalue weighted by molar-refractivity contribution is -0.149. The highest BCUT2D eigenvalue weighted by Crippen LogP contribution is 2.19. The molecule has 138 valence electrons. The van der Waals surface area contributed by atoms with Crippen molar-refractivity contribution >= 4 is 22.6 Å². The van der Waals surface area contributed by atoms with E-state index in [0.717, 1.165) is 15.0 Å². The maximum atomic E-state index is 12.7. The van der Waals surface area contributed by atoms with Gasteiger partial charge in [0.15, 0.2) is 6.04 Å². The Morgan fingerprint density at radius 1 is 1.19 bits per heavy atom. The number of hydrogen-bond donors (Lipinski definition) is 1. The molecule has 8 heteroatoms. The van der Waals surface area contributed by atoms with Crippen molar-refractivity contribution in [3.63, 3.8) is 0 Å². The Balaban J connectivity index is 1.93. The molecule has 3 aromatic rings. The number of nitrogens with zero attached hydrogens (tertiary/aromatic N) is 4. The van der Waals surface area contributed by atoms with Crippen LogP contribution in [0.1, 0.15) is 17.3 Å². The molecule has 1 aromatic carbocycles. The third-order valence-corrected chi connectivity index (χ3v) is 4.35. The van der Waals surface area contributed by atoms with Crippen LogP contribution < -0.4 is 5.56 Å². The minimum absolute atomic E-state index is 0.356. The summed E-state index contributed by atoms with van der Waals surface area (Å²) in [6.45, 7) is 1.40. The van der Waals surface area contributed by atoms with Crippen LogP contribution in [0, 0.1) is 6.92 Å². The molecule has 0 saturated carbocycles. The van der Waals surface area contributed by atoms with Crippen molar-refractivity contribution in [3.05, 3.63) is 70.4 Å². The summed E-state index contributed by atoms with van der Waals surface area (Å²) in [5.41, 5.74) is 0.588. The number of aliphatic carboxylic acids is 1. The Morgan fingerprint density at radius 3 is 2.52 bits per heavy atom. The fraction of sp³-hybridized carbons (Fsp3) is 0.211. The number of fused-ring (bicyclic) bond motifs is 1. The second-order valence-electron chi connectivity index (χ2n) is 6.13. The van der Waals surface area contributed by atoms with E-state index < -0.39 is 23.5 Å². The maximum Gasteiger partial charge on any atom is 0.331 e. The van der Waals surface area contributed by atoms with E-state index in [1.54, 1.807) is 37.3 Å². The number of benzene rings is 1. The van der Waals surface area contributed by atoms with Crippen LogP contribution in [0.3, 0.4) is 0 Å². The molecule has 0 aliphatic heterocycles. The zero-order valence-corrected chi connectivity index (χ0v) is 14.9. The molecule has 1 atom stereocenters. The number of rotatable bonds is 5. The summed E-state index contributed by atoms with van der Waals surface area (Å²) < 4.78 is 1.07. The number of amides is 1. The largest absolute Gasteiger partial charge is 0.479 e. The molecular weight excluding hydrogens is 348 g/mol. The smallest absolute Gasteiger partial charge is 0.331 e. The number of carbonyl (C=O) groups is 2. The normalized spacial score (nSPS) is 11.9. The molecule has 0 saturated heterocycles. The molecule has 27 heavy (non-hydrogen) atoms. The molecule has 0 radical (unpaired) electrons. The number of likely N-dealkylation sites (N-methyl/N-ethyl adjacent to an activating group) is 1. The lowest BCUT2D eigenvalue weighted by atomic mass is 10.1. The second kappa shape index (κ2) is 7.36. The standard InChI is InChI=1S/C19H18N4O4/c1-12-14-7-3-4-8-15(14)18(25)23(21-12)11-16(24)22(2)17(19(26)27)13-6-5-9-20-10-13/h3-10,17H,11H2,1-2H3,(H,26,27). The van der Waals surface area contributed by atoms with Crippen molar-refractivity contribution in [2.24, 2.45) is 0 Å². The number of aryl methyl sites for hydroxylation is 1. The van der Waals surface area contributed by atoms with Gasteiger partial charge in [0, 0.05) is 30.4 Å². The van der Waals surface area contributed by atoms with Crippen LogP contribution in [0.15, 0.2) is 53.6 Å². The van der Waals surface area contributed by atoms with Crippen LogP contribution in [0.5, 0.6) is 0 Å². The van der Waals surface area contributed by atoms with Gasteiger partial charge in [0.2, 0.25) is 5.91 Å². The van der Waals surface area contributed by atoms with E-state index >= 15 is 0 Å². The molecule has 1 N–H and O–H groups in total. The summed E-state index contributed by atoms with van der Waals surface area (Å²) in [5, 5.41) is 14.9. The average molecular weight is 366 g/mol. The van der Waals surface area contributed by atoms with Crippen molar-refractivity contribution in [2.45, 2.75) is 19.5 Å². The van der Waals surface area contributed by atoms with Crippen molar-refractivity contribution in [3.8, 4) is 0 Å². The van der Waals surface area contributed by atoms with Gasteiger partial charge in [0.05, 0.1) is 11.1 Å². The van der Waals surface area contributed by atoms with E-state index in [1.807, 2.05) is 6.07 Å². The quantitative estimate of drug-likeness (QED) is 0.731. The van der Waals surface area contributed by atoms with Gasteiger partial charge in [0.25, 0.3) is 5.56 Å². The van der Waals surface area contributed by atoms with Gasteiger partial charge in [-0.15, -0.1) is 0 Å². The lowest BCUT2D eigenvalue weighted by Crippen LogP contribution is -2.40. The number of carbonyl (C=O) groups excluding carboxylic acids is 1. The molecule has 1 amide bonds. The van der Waals surface area contributed by atoms with Crippen LogP contribution in [0.25, 0.3) is 10.8 Å². The Labute approximate surface area is 154 Å². The monoisotopic (exact) mass is 366 g/mol. The number of hydrogen-bond acceptors (Lipinski definition) is 5. The first-order valence-electron chi connectivity index (χ1n) is 8.25. The number of carboxylic acids is 1. The SMILES string of the molecule is Cc1nn(CC(=O)N(C)C(C(=O)O)c2cccnc2)c(=O)c2ccccc12. The Morgan fingerprint density at radius 2 is 1.89 bits per heavy atom. The maximum absolute atomic E-state index is 12.7. The van der Waals surface area contributed by atoms with Crippen molar-refractivity contribution in [1.29, 1.82) is 0 Å². The minimum Gasteiger partial charge on any atom is -0.479 e. The molecule has 0 spiro atoms. The summed E-state index contributed by atoms with van der Waals surface area (Å²) in [7, 11) is 1.38. The molecule has 0 bridgehead atoms. The minimum atomic E-state index is -1.21. The van der Waals surface area contributed by atoms with Crippen LogP contribution in [-0.2, 0) is 16.1 Å². The lowest BCUT2D eigenvalue weighted by Gasteiger charge is -2.25. The van der Waals surface area contributed by atoms with Crippen LogP contribution >= 0.6 is 0 Å². The third-order valence-electron chi connectivity index (χ3n) is 4.35. The van der Waals surface area contributed by atoms with Gasteiger partial charge in [-0.25, -0.2) is 9.48 Å². The number of pyridine rings is 1. The summed E-state index contributed by atoms with van der Waals surface area (Å²) in [5.74, 6) is -1.73. The first-order chi connectivity index (χ1) is 12.9. The molecule has 0 aliphatic carbocycles. The van der Waals surface area contributed by atoms with Crippen molar-refractivity contribution in [2.75, 3.05) is 7.05 Å². The van der Waals surface area contributed by atoms with E-state index in [4.69, 9.17) is 0 Å². The zero-order valence-electron chi connectivity index (χ0n) is 14.9. The summed E-state index contributed by atoms with van der Waals surface area (Å²) in [6.07, 6.45) is 2.92. The van der Waals surface area contributed by atoms with Gasteiger partial charge in [-0.3, -0.25) is 14.6 Å². The summed E-state index contributed by atoms with van der Waals surface area (Å²) >= 11 is 0. The Hall–Kier alpha value is -3.55. The Kier molecular flexibility index (Phi) is 4.98. The molecular formula is C19H18N4O4. The van der Waals surface area contributed by atoms with E-state index in [0.29, 0.717) is 16.6 Å². The molecule has 0 aliphatic rings. The molecule has 3 rings (SSSR count). The van der Waals surface area contributed by atoms with Gasteiger partial charge < -0.3 is 10.0 Å². The third kappa shape index (κ3) is 3.55. The van der Waals surface area contributed by atoms with E-state index in [1.165, 1.54) is 19.4 Å². The zero-order chi connectivity index (χ0) is 19.6. The fourth-order valence-electron chi connectivity index (χ4n) is 2.96. The Bertz CT molecular complexity index is 1060. The molecule has 2 aromatic heterocycles. The van der Waals surface area contributed by atoms with E-state index in [-0.39, 0.29) is 6.54 Å². The highest BCUT2D eigenvalue weighted by molar-refractivity contribution is 5.85. The summed E-state index contributed by atoms with van der Waals surface area (Å²) in [4.78, 5) is 42.0. The highest BCUT2D eigenvalue weighted by Gasteiger charge is 2.29. The van der Waals surface area contributed by atoms with Gasteiger partial charge in [0.1, 0.15) is 6.54 Å². The predicted molar refractivity (Wildman–Crippen MR) is 98.1 cm³/mol. The van der Waals surface area contributed by atoms with E-state index in [2.05, 4.69) is 10.1 Å². The number of aromatic nitrogens is 3. The van der Waals surface area contributed by atoms with Crippen LogP contribution in [-0.4, -0.2) is 43.7 Å². The fourth-order valence-corrected chi connectivity index (χ4v) is 2.96. The molecule has 0 fully saturated rings. The van der Waals surface area contributed by atoms with Gasteiger partial charge in [-0.1, -0.05) is 24.3 Å². The number of carboxylic acid groups (broad SMARTS) is 1. The first kappa shape index (κ1) is 18.2. The molecule has 1 unspecified atom stereocenters. The van der Waals surface area contributed by atoms with Crippen LogP contribution in [0.4, 0.5) is 0 Å². The van der Waals surface area contributed by atoms with Gasteiger partial charge in [-0.05, 0) is 19.1 Å². The van der Waals surface area contributed by atoms with Crippen LogP contribution in [0.2, 0.25) is 0 Å². The first-order valence-corrected chi connectivity index (χ1v) is 8.25. The van der Waals surface area contributed by atoms with Gasteiger partial charge in [-0.2, -0.15) is 5.10 Å². The summed E-state index contributed by atoms with van der Waals surface area (Å²) in [6, 6.07) is 8.99. The predicted octanol–water partition coefficient (Wildman–Crippen LogP) is 1.38. The van der Waals surface area contributed by atoms with Gasteiger partial charge >= 0.3 is 5.97 Å². The van der Waals surface area contributed by atoms with E-state index in [9.17, 15) is 19.5 Å². The average Bonchev–Trinajstić information content (AvgIpc) is 2.66.